The Kier molecular flexibility index (Phi) is 5.41. The van der Waals surface area contributed by atoms with E-state index in [2.05, 4.69) is 75.8 Å². The Balaban J connectivity index is 1.98. The molecule has 0 unspecified atom stereocenters. The summed E-state index contributed by atoms with van der Waals surface area (Å²) >= 11 is 0. The van der Waals surface area contributed by atoms with Gasteiger partial charge < -0.3 is 10.1 Å². The summed E-state index contributed by atoms with van der Waals surface area (Å²) in [5, 5.41) is 11.1. The van der Waals surface area contributed by atoms with E-state index in [4.69, 9.17) is 4.98 Å². The molecule has 2 aromatic heterocycles. The highest BCUT2D eigenvalue weighted by Crippen LogP contribution is 2.42. The fourth-order valence-corrected chi connectivity index (χ4v) is 3.96. The standard InChI is InChI=1S/C28H31N3O/c1-27(2,3)21-16-20(17-22(25(21)32)28(4,5)6)26-30-23(18-10-8-7-9-11-18)24(31-26)19-12-14-29-15-13-19/h7-17,32H,1-6H3,(H,30,31). The van der Waals surface area contributed by atoms with Crippen LogP contribution in [0.15, 0.2) is 67.0 Å². The van der Waals surface area contributed by atoms with Gasteiger partial charge in [0.15, 0.2) is 0 Å². The maximum Gasteiger partial charge on any atom is 0.138 e. The topological polar surface area (TPSA) is 61.8 Å². The third-order valence-corrected chi connectivity index (χ3v) is 5.72. The number of phenols is 1. The van der Waals surface area contributed by atoms with Crippen molar-refractivity contribution in [3.8, 4) is 39.7 Å². The highest BCUT2D eigenvalue weighted by Gasteiger charge is 2.27. The van der Waals surface area contributed by atoms with Gasteiger partial charge in [0.25, 0.3) is 0 Å². The molecule has 2 N–H and O–H groups in total. The van der Waals surface area contributed by atoms with Crippen molar-refractivity contribution in [1.29, 1.82) is 0 Å². The van der Waals surface area contributed by atoms with E-state index in [0.29, 0.717) is 5.75 Å². The molecule has 0 atom stereocenters. The van der Waals surface area contributed by atoms with E-state index < -0.39 is 0 Å². The summed E-state index contributed by atoms with van der Waals surface area (Å²) in [5.74, 6) is 1.16. The van der Waals surface area contributed by atoms with Crippen LogP contribution in [0.2, 0.25) is 0 Å². The lowest BCUT2D eigenvalue weighted by atomic mass is 9.78. The number of aromatic amines is 1. The number of imidazole rings is 1. The predicted molar refractivity (Wildman–Crippen MR) is 132 cm³/mol. The summed E-state index contributed by atoms with van der Waals surface area (Å²) in [6.07, 6.45) is 3.57. The van der Waals surface area contributed by atoms with E-state index in [9.17, 15) is 5.11 Å². The van der Waals surface area contributed by atoms with Crippen LogP contribution in [0.3, 0.4) is 0 Å². The fraction of sp³-hybridized carbons (Fsp3) is 0.286. The van der Waals surface area contributed by atoms with Crippen LogP contribution in [0.4, 0.5) is 0 Å². The number of nitrogens with one attached hydrogen (secondary N) is 1. The van der Waals surface area contributed by atoms with Crippen LogP contribution in [-0.2, 0) is 10.8 Å². The van der Waals surface area contributed by atoms with Gasteiger partial charge in [-0.15, -0.1) is 0 Å². The van der Waals surface area contributed by atoms with Gasteiger partial charge in [0.1, 0.15) is 11.6 Å². The van der Waals surface area contributed by atoms with Crippen molar-refractivity contribution >= 4 is 0 Å². The Labute approximate surface area is 190 Å². The van der Waals surface area contributed by atoms with Crippen LogP contribution in [0, 0.1) is 0 Å². The average Bonchev–Trinajstić information content (AvgIpc) is 3.19. The molecule has 4 heteroatoms. The molecule has 4 aromatic rings. The number of pyridine rings is 1. The minimum Gasteiger partial charge on any atom is -0.507 e. The van der Waals surface area contributed by atoms with Gasteiger partial charge in [-0.1, -0.05) is 71.9 Å². The number of aromatic nitrogens is 3. The zero-order chi connectivity index (χ0) is 23.1. The molecule has 0 amide bonds. The Morgan fingerprint density at radius 3 is 1.81 bits per heavy atom. The molecule has 0 radical (unpaired) electrons. The molecule has 4 nitrogen and oxygen atoms in total. The van der Waals surface area contributed by atoms with Crippen LogP contribution in [0.25, 0.3) is 33.9 Å². The van der Waals surface area contributed by atoms with E-state index in [1.165, 1.54) is 0 Å². The number of H-pyrrole nitrogens is 1. The molecule has 2 heterocycles. The second kappa shape index (κ2) is 7.94. The van der Waals surface area contributed by atoms with Gasteiger partial charge >= 0.3 is 0 Å². The van der Waals surface area contributed by atoms with Crippen molar-refractivity contribution in [2.75, 3.05) is 0 Å². The maximum atomic E-state index is 11.1. The first-order chi connectivity index (χ1) is 15.1. The van der Waals surface area contributed by atoms with Crippen molar-refractivity contribution in [2.45, 2.75) is 52.4 Å². The molecule has 0 saturated carbocycles. The predicted octanol–water partition coefficient (Wildman–Crippen LogP) is 7.11. The van der Waals surface area contributed by atoms with Gasteiger partial charge in [-0.2, -0.15) is 0 Å². The zero-order valence-electron chi connectivity index (χ0n) is 19.7. The van der Waals surface area contributed by atoms with Gasteiger partial charge in [0.05, 0.1) is 11.4 Å². The molecule has 32 heavy (non-hydrogen) atoms. The highest BCUT2D eigenvalue weighted by atomic mass is 16.3. The summed E-state index contributed by atoms with van der Waals surface area (Å²) in [6.45, 7) is 12.7. The molecule has 2 aromatic carbocycles. The smallest absolute Gasteiger partial charge is 0.138 e. The lowest BCUT2D eigenvalue weighted by molar-refractivity contribution is 0.423. The monoisotopic (exact) mass is 425 g/mol. The van der Waals surface area contributed by atoms with E-state index in [1.807, 2.05) is 30.3 Å². The number of aromatic hydroxyl groups is 1. The molecule has 0 saturated heterocycles. The van der Waals surface area contributed by atoms with Gasteiger partial charge in [-0.3, -0.25) is 4.98 Å². The van der Waals surface area contributed by atoms with E-state index in [-0.39, 0.29) is 10.8 Å². The molecule has 164 valence electrons. The number of rotatable bonds is 3. The number of nitrogens with zero attached hydrogens (tertiary/aromatic N) is 2. The number of phenolic OH excluding ortho intramolecular Hbond substituents is 1. The molecule has 0 fully saturated rings. The molecule has 0 bridgehead atoms. The molecule has 0 spiro atoms. The van der Waals surface area contributed by atoms with E-state index in [1.54, 1.807) is 12.4 Å². The van der Waals surface area contributed by atoms with Crippen molar-refractivity contribution in [2.24, 2.45) is 0 Å². The van der Waals surface area contributed by atoms with Gasteiger partial charge in [0.2, 0.25) is 0 Å². The lowest BCUT2D eigenvalue weighted by Gasteiger charge is -2.28. The van der Waals surface area contributed by atoms with Crippen molar-refractivity contribution in [3.63, 3.8) is 0 Å². The minimum atomic E-state index is -0.205. The summed E-state index contributed by atoms with van der Waals surface area (Å²) in [5.41, 5.74) is 6.33. The van der Waals surface area contributed by atoms with Crippen molar-refractivity contribution < 1.29 is 5.11 Å². The van der Waals surface area contributed by atoms with Gasteiger partial charge in [-0.25, -0.2) is 4.98 Å². The molecule has 0 aliphatic heterocycles. The minimum absolute atomic E-state index is 0.205. The first-order valence-corrected chi connectivity index (χ1v) is 11.0. The van der Waals surface area contributed by atoms with Crippen molar-refractivity contribution in [3.05, 3.63) is 78.1 Å². The molecular formula is C28H31N3O. The first-order valence-electron chi connectivity index (χ1n) is 11.0. The summed E-state index contributed by atoms with van der Waals surface area (Å²) in [4.78, 5) is 12.8. The average molecular weight is 426 g/mol. The van der Waals surface area contributed by atoms with Crippen LogP contribution >= 0.6 is 0 Å². The SMILES string of the molecule is CC(C)(C)c1cc(-c2nc(-c3ccncc3)c(-c3ccccc3)[nH]2)cc(C(C)(C)C)c1O. The molecular weight excluding hydrogens is 394 g/mol. The molecule has 4 rings (SSSR count). The molecule has 0 aliphatic rings. The number of hydrogen-bond acceptors (Lipinski definition) is 3. The summed E-state index contributed by atoms with van der Waals surface area (Å²) in [6, 6.07) is 18.3. The Hall–Kier alpha value is -3.40. The van der Waals surface area contributed by atoms with Crippen LogP contribution in [-0.4, -0.2) is 20.1 Å². The maximum absolute atomic E-state index is 11.1. The van der Waals surface area contributed by atoms with Crippen LogP contribution < -0.4 is 0 Å². The van der Waals surface area contributed by atoms with Gasteiger partial charge in [0, 0.05) is 40.2 Å². The highest BCUT2D eigenvalue weighted by molar-refractivity contribution is 5.81. The quantitative estimate of drug-likeness (QED) is 0.368. The van der Waals surface area contributed by atoms with Gasteiger partial charge in [-0.05, 0) is 35.1 Å². The zero-order valence-corrected chi connectivity index (χ0v) is 19.7. The first kappa shape index (κ1) is 21.8. The number of benzene rings is 2. The third kappa shape index (κ3) is 4.18. The van der Waals surface area contributed by atoms with Crippen molar-refractivity contribution in [1.82, 2.24) is 15.0 Å². The summed E-state index contributed by atoms with van der Waals surface area (Å²) < 4.78 is 0. The van der Waals surface area contributed by atoms with Crippen LogP contribution in [0.1, 0.15) is 52.7 Å². The second-order valence-corrected chi connectivity index (χ2v) is 10.3. The Morgan fingerprint density at radius 1 is 0.719 bits per heavy atom. The fourth-order valence-electron chi connectivity index (χ4n) is 3.96. The Morgan fingerprint density at radius 2 is 1.28 bits per heavy atom. The third-order valence-electron chi connectivity index (χ3n) is 5.72. The molecule has 0 aliphatic carbocycles. The van der Waals surface area contributed by atoms with Crippen LogP contribution in [0.5, 0.6) is 5.75 Å². The number of hydrogen-bond donors (Lipinski definition) is 2. The summed E-state index contributed by atoms with van der Waals surface area (Å²) in [7, 11) is 0. The van der Waals surface area contributed by atoms with E-state index >= 15 is 0 Å². The normalized spacial score (nSPS) is 12.2. The largest absolute Gasteiger partial charge is 0.507 e. The second-order valence-electron chi connectivity index (χ2n) is 10.3. The lowest BCUT2D eigenvalue weighted by Crippen LogP contribution is -2.17. The van der Waals surface area contributed by atoms with E-state index in [0.717, 1.165) is 45.0 Å². The Bertz CT molecular complexity index is 1140.